The van der Waals surface area contributed by atoms with E-state index >= 15 is 0 Å². The van der Waals surface area contributed by atoms with E-state index in [-0.39, 0.29) is 17.2 Å². The lowest BCUT2D eigenvalue weighted by Crippen LogP contribution is -2.03. The van der Waals surface area contributed by atoms with Gasteiger partial charge in [-0.2, -0.15) is 9.90 Å². The van der Waals surface area contributed by atoms with E-state index in [0.717, 1.165) is 0 Å². The number of carbonyl (C=O) groups is 2. The highest BCUT2D eigenvalue weighted by Crippen LogP contribution is 2.27. The van der Waals surface area contributed by atoms with Gasteiger partial charge in [-0.1, -0.05) is 23.7 Å². The molecule has 0 fully saturated rings. The summed E-state index contributed by atoms with van der Waals surface area (Å²) >= 11 is 5.82. The number of nitrogens with two attached hydrogens (primary N) is 1. The zero-order valence-electron chi connectivity index (χ0n) is 16.6. The Labute approximate surface area is 181 Å². The number of rotatable bonds is 5. The summed E-state index contributed by atoms with van der Waals surface area (Å²) in [5.41, 5.74) is 5.91. The average molecular weight is 444 g/mol. The van der Waals surface area contributed by atoms with Crippen LogP contribution in [0.1, 0.15) is 39.6 Å². The molecule has 0 amide bonds. The molecule has 31 heavy (non-hydrogen) atoms. The number of benzene rings is 1. The van der Waals surface area contributed by atoms with Crippen LogP contribution in [0.25, 0.3) is 11.3 Å². The van der Waals surface area contributed by atoms with Gasteiger partial charge in [-0.05, 0) is 24.3 Å². The summed E-state index contributed by atoms with van der Waals surface area (Å²) in [5.74, 6) is 0.634. The maximum Gasteiger partial charge on any atom is 0.358 e. The number of ketones is 1. The van der Waals surface area contributed by atoms with E-state index in [0.29, 0.717) is 40.4 Å². The molecule has 0 bridgehead atoms. The smallest absolute Gasteiger partial charge is 0.358 e. The minimum absolute atomic E-state index is 0.0974. The number of aromatic nitrogens is 4. The van der Waals surface area contributed by atoms with E-state index < -0.39 is 5.97 Å². The Balaban J connectivity index is 0.000000176. The van der Waals surface area contributed by atoms with Gasteiger partial charge in [-0.15, -0.1) is 5.10 Å². The van der Waals surface area contributed by atoms with Crippen LogP contribution in [-0.4, -0.2) is 36.8 Å². The molecule has 11 heteroatoms. The Morgan fingerprint density at radius 3 is 2.58 bits per heavy atom. The van der Waals surface area contributed by atoms with Crippen molar-refractivity contribution in [1.82, 2.24) is 20.0 Å². The SMILES string of the molecule is CC(=O)c1ccc(Cn2ncc(N)n2)o1.Cc1nc(C(=O)O)c(-c2cccc(Cl)c2)o1. The van der Waals surface area contributed by atoms with Gasteiger partial charge in [0, 0.05) is 24.4 Å². The van der Waals surface area contributed by atoms with Crippen molar-refractivity contribution < 1.29 is 23.5 Å². The molecule has 0 saturated heterocycles. The molecule has 0 radical (unpaired) electrons. The number of oxazole rings is 1. The first-order valence-corrected chi connectivity index (χ1v) is 9.32. The summed E-state index contributed by atoms with van der Waals surface area (Å²) < 4.78 is 10.5. The van der Waals surface area contributed by atoms with Crippen LogP contribution in [0.2, 0.25) is 5.02 Å². The first kappa shape index (κ1) is 21.8. The fourth-order valence-corrected chi connectivity index (χ4v) is 2.77. The second-order valence-corrected chi connectivity index (χ2v) is 6.78. The largest absolute Gasteiger partial charge is 0.476 e. The summed E-state index contributed by atoms with van der Waals surface area (Å²) in [7, 11) is 0. The third kappa shape index (κ3) is 5.58. The van der Waals surface area contributed by atoms with Crippen molar-refractivity contribution in [3.63, 3.8) is 0 Å². The molecule has 4 aromatic rings. The number of anilines is 1. The van der Waals surface area contributed by atoms with E-state index in [1.165, 1.54) is 17.9 Å². The fraction of sp³-hybridized carbons (Fsp3) is 0.150. The Morgan fingerprint density at radius 1 is 1.23 bits per heavy atom. The van der Waals surface area contributed by atoms with Crippen LogP contribution in [0.5, 0.6) is 0 Å². The van der Waals surface area contributed by atoms with Crippen molar-refractivity contribution in [3.8, 4) is 11.3 Å². The molecule has 10 nitrogen and oxygen atoms in total. The second-order valence-electron chi connectivity index (χ2n) is 6.35. The van der Waals surface area contributed by atoms with Crippen molar-refractivity contribution >= 4 is 29.2 Å². The number of hydrogen-bond acceptors (Lipinski definition) is 8. The van der Waals surface area contributed by atoms with Gasteiger partial charge >= 0.3 is 5.97 Å². The van der Waals surface area contributed by atoms with Gasteiger partial charge in [-0.25, -0.2) is 9.78 Å². The average Bonchev–Trinajstić information content (AvgIpc) is 3.43. The predicted molar refractivity (Wildman–Crippen MR) is 111 cm³/mol. The van der Waals surface area contributed by atoms with E-state index in [1.54, 1.807) is 43.3 Å². The van der Waals surface area contributed by atoms with Crippen molar-refractivity contribution in [3.05, 3.63) is 70.7 Å². The summed E-state index contributed by atoms with van der Waals surface area (Å²) in [4.78, 5) is 27.1. The first-order valence-electron chi connectivity index (χ1n) is 8.95. The molecule has 0 aliphatic carbocycles. The van der Waals surface area contributed by atoms with Gasteiger partial charge in [-0.3, -0.25) is 4.79 Å². The van der Waals surface area contributed by atoms with Gasteiger partial charge in [0.2, 0.25) is 0 Å². The summed E-state index contributed by atoms with van der Waals surface area (Å²) in [6.07, 6.45) is 1.45. The van der Waals surface area contributed by atoms with Crippen LogP contribution in [0.15, 0.2) is 51.4 Å². The molecule has 0 saturated carbocycles. The highest BCUT2D eigenvalue weighted by molar-refractivity contribution is 6.30. The summed E-state index contributed by atoms with van der Waals surface area (Å²) in [5, 5.41) is 17.3. The third-order valence-corrected chi connectivity index (χ3v) is 4.12. The normalized spacial score (nSPS) is 10.4. The first-order chi connectivity index (χ1) is 14.7. The molecular formula is C20H18ClN5O5. The van der Waals surface area contributed by atoms with Crippen molar-refractivity contribution in [2.24, 2.45) is 0 Å². The van der Waals surface area contributed by atoms with Crippen LogP contribution in [0.3, 0.4) is 0 Å². The Kier molecular flexibility index (Phi) is 6.51. The number of carbonyl (C=O) groups excluding carboxylic acids is 1. The Bertz CT molecular complexity index is 1230. The molecule has 160 valence electrons. The lowest BCUT2D eigenvalue weighted by Gasteiger charge is -1.98. The third-order valence-electron chi connectivity index (χ3n) is 3.88. The van der Waals surface area contributed by atoms with Crippen LogP contribution < -0.4 is 5.73 Å². The maximum absolute atomic E-state index is 11.0. The van der Waals surface area contributed by atoms with Gasteiger partial charge < -0.3 is 19.7 Å². The van der Waals surface area contributed by atoms with Gasteiger partial charge in [0.15, 0.2) is 34.7 Å². The number of aromatic carboxylic acids is 1. The monoisotopic (exact) mass is 443 g/mol. The molecule has 3 aromatic heterocycles. The maximum atomic E-state index is 11.0. The highest BCUT2D eigenvalue weighted by atomic mass is 35.5. The molecule has 4 rings (SSSR count). The van der Waals surface area contributed by atoms with E-state index in [1.807, 2.05) is 0 Å². The standard InChI is InChI=1S/C11H8ClNO3.C9H10N4O2/c1-6-13-9(11(14)15)10(16-6)7-3-2-4-8(12)5-7;1-6(14)8-3-2-7(15-8)5-13-11-4-9(10)12-13/h2-5H,1H3,(H,14,15);2-4H,5H2,1H3,(H2,10,12). The number of halogens is 1. The molecule has 3 N–H and O–H groups in total. The minimum atomic E-state index is -1.12. The predicted octanol–water partition coefficient (Wildman–Crippen LogP) is 3.71. The number of carboxylic acid groups (broad SMARTS) is 1. The summed E-state index contributed by atoms with van der Waals surface area (Å²) in [6, 6.07) is 10.1. The van der Waals surface area contributed by atoms with E-state index in [4.69, 9.17) is 31.3 Å². The number of hydrogen-bond donors (Lipinski definition) is 2. The van der Waals surface area contributed by atoms with Crippen molar-refractivity contribution in [2.75, 3.05) is 5.73 Å². The zero-order valence-corrected chi connectivity index (χ0v) is 17.3. The molecule has 0 unspecified atom stereocenters. The van der Waals surface area contributed by atoms with Crippen LogP contribution in [0.4, 0.5) is 5.82 Å². The topological polar surface area (TPSA) is 150 Å². The number of furan rings is 1. The molecule has 0 spiro atoms. The van der Waals surface area contributed by atoms with E-state index in [2.05, 4.69) is 15.2 Å². The van der Waals surface area contributed by atoms with Crippen molar-refractivity contribution in [1.29, 1.82) is 0 Å². The number of nitrogens with zero attached hydrogens (tertiary/aromatic N) is 4. The molecule has 3 heterocycles. The van der Waals surface area contributed by atoms with Gasteiger partial charge in [0.05, 0.1) is 6.20 Å². The summed E-state index contributed by atoms with van der Waals surface area (Å²) in [6.45, 7) is 3.41. The Morgan fingerprint density at radius 2 is 2.00 bits per heavy atom. The minimum Gasteiger partial charge on any atom is -0.476 e. The van der Waals surface area contributed by atoms with Crippen LogP contribution >= 0.6 is 11.6 Å². The fourth-order valence-electron chi connectivity index (χ4n) is 2.58. The van der Waals surface area contributed by atoms with Crippen LogP contribution in [-0.2, 0) is 6.54 Å². The zero-order chi connectivity index (χ0) is 22.5. The molecule has 0 aliphatic rings. The number of aryl methyl sites for hydroxylation is 1. The lowest BCUT2D eigenvalue weighted by molar-refractivity contribution is 0.0691. The van der Waals surface area contributed by atoms with Gasteiger partial charge in [0.25, 0.3) is 0 Å². The molecule has 1 aromatic carbocycles. The number of carboxylic acids is 1. The van der Waals surface area contributed by atoms with Gasteiger partial charge in [0.1, 0.15) is 12.3 Å². The molecule has 0 atom stereocenters. The number of Topliss-reactive ketones (excluding diaryl/α,β-unsaturated/α-hetero) is 1. The molecular weight excluding hydrogens is 426 g/mol. The second kappa shape index (κ2) is 9.26. The van der Waals surface area contributed by atoms with E-state index in [9.17, 15) is 9.59 Å². The quantitative estimate of drug-likeness (QED) is 0.440. The van der Waals surface area contributed by atoms with Crippen molar-refractivity contribution in [2.45, 2.75) is 20.4 Å². The lowest BCUT2D eigenvalue weighted by atomic mass is 10.1. The number of nitrogen functional groups attached to an aromatic ring is 1. The highest BCUT2D eigenvalue weighted by Gasteiger charge is 2.19. The Hall–Kier alpha value is -3.92. The van der Waals surface area contributed by atoms with Crippen LogP contribution in [0, 0.1) is 6.92 Å². The molecule has 0 aliphatic heterocycles.